The van der Waals surface area contributed by atoms with Gasteiger partial charge in [-0.05, 0) is 19.1 Å². The van der Waals surface area contributed by atoms with Gasteiger partial charge in [0.25, 0.3) is 0 Å². The molecule has 1 N–H and O–H groups in total. The Labute approximate surface area is 128 Å². The van der Waals surface area contributed by atoms with Gasteiger partial charge in [0.05, 0.1) is 5.36 Å². The lowest BCUT2D eigenvalue weighted by Crippen LogP contribution is -2.21. The fraction of sp³-hybridized carbons (Fsp3) is 0.0625. The van der Waals surface area contributed by atoms with Crippen molar-refractivity contribution >= 4 is 29.2 Å². The second-order valence-corrected chi connectivity index (χ2v) is 5.82. The van der Waals surface area contributed by atoms with Crippen LogP contribution in [0.3, 0.4) is 0 Å². The summed E-state index contributed by atoms with van der Waals surface area (Å²) >= 11 is 1.48. The minimum atomic E-state index is -0.421. The van der Waals surface area contributed by atoms with E-state index in [1.54, 1.807) is 6.08 Å². The van der Waals surface area contributed by atoms with Crippen LogP contribution < -0.4 is 27.1 Å². The molecule has 108 valence electrons. The van der Waals surface area contributed by atoms with Crippen LogP contribution >= 0.6 is 11.3 Å². The number of rotatable bonds is 1. The summed E-state index contributed by atoms with van der Waals surface area (Å²) in [7, 11) is 0. The number of aromatic nitrogens is 2. The minimum absolute atomic E-state index is 0.362. The Balaban J connectivity index is 1.92. The largest absolute Gasteiger partial charge is 0.402 e. The molecule has 0 saturated carbocycles. The van der Waals surface area contributed by atoms with E-state index in [-0.39, 0.29) is 0 Å². The van der Waals surface area contributed by atoms with Crippen LogP contribution in [0.25, 0.3) is 17.8 Å². The third-order valence-electron chi connectivity index (χ3n) is 3.27. The zero-order valence-corrected chi connectivity index (χ0v) is 12.5. The summed E-state index contributed by atoms with van der Waals surface area (Å²) in [5, 5.41) is 4.95. The predicted octanol–water partition coefficient (Wildman–Crippen LogP) is -0.216. The van der Waals surface area contributed by atoms with Crippen molar-refractivity contribution < 1.29 is 4.42 Å². The van der Waals surface area contributed by atoms with Crippen molar-refractivity contribution in [2.24, 2.45) is 4.99 Å². The van der Waals surface area contributed by atoms with Crippen molar-refractivity contribution in [2.75, 3.05) is 0 Å². The molecular weight excluding hydrogens is 298 g/mol. The summed E-state index contributed by atoms with van der Waals surface area (Å²) < 4.78 is 5.28. The number of aromatic amines is 1. The van der Waals surface area contributed by atoms with E-state index in [0.29, 0.717) is 16.6 Å². The summed E-state index contributed by atoms with van der Waals surface area (Å²) in [5.41, 5.74) is 1.49. The lowest BCUT2D eigenvalue weighted by Gasteiger charge is -1.82. The molecule has 0 bridgehead atoms. The zero-order chi connectivity index (χ0) is 15.1. The van der Waals surface area contributed by atoms with Gasteiger partial charge in [-0.3, -0.25) is 0 Å². The van der Waals surface area contributed by atoms with E-state index in [0.717, 1.165) is 21.3 Å². The van der Waals surface area contributed by atoms with Gasteiger partial charge in [0.1, 0.15) is 16.1 Å². The van der Waals surface area contributed by atoms with Crippen LogP contribution in [0.15, 0.2) is 43.8 Å². The second-order valence-electron chi connectivity index (χ2n) is 4.93. The molecule has 0 radical (unpaired) electrons. The van der Waals surface area contributed by atoms with E-state index in [4.69, 9.17) is 4.42 Å². The van der Waals surface area contributed by atoms with Crippen molar-refractivity contribution in [3.63, 3.8) is 0 Å². The topological polar surface area (TPSA) is 71.2 Å². The quantitative estimate of drug-likeness (QED) is 0.676. The first-order valence-electron chi connectivity index (χ1n) is 6.72. The lowest BCUT2D eigenvalue weighted by atomic mass is 10.3. The van der Waals surface area contributed by atoms with Gasteiger partial charge in [-0.2, -0.15) is 0 Å². The molecule has 0 aliphatic carbocycles. The van der Waals surface area contributed by atoms with E-state index < -0.39 is 5.63 Å². The normalized spacial score (nSPS) is 16.3. The summed E-state index contributed by atoms with van der Waals surface area (Å²) in [5.74, 6) is 0. The number of fused-ring (bicyclic) bond motifs is 1. The molecule has 5 nitrogen and oxygen atoms in total. The van der Waals surface area contributed by atoms with Crippen LogP contribution in [0.1, 0.15) is 10.7 Å². The molecule has 1 aliphatic heterocycles. The number of hydrogen-bond acceptors (Lipinski definition) is 5. The molecular formula is C16H11N3O2S. The van der Waals surface area contributed by atoms with Gasteiger partial charge in [-0.1, -0.05) is 18.2 Å². The standard InChI is InChI=1S/C16H11N3O2S/c1-9-8-22-14(17-9)7-13-16(20)21-15(19-13)12-6-10-4-2-3-5-11(10)18-12/h2-8,19H,1H3/b13-7?,15-12-. The number of H-pyrrole nitrogens is 1. The number of oxazole rings is 1. The summed E-state index contributed by atoms with van der Waals surface area (Å²) in [6, 6.07) is 7.76. The van der Waals surface area contributed by atoms with Crippen LogP contribution in [-0.2, 0) is 0 Å². The first kappa shape index (κ1) is 13.0. The van der Waals surface area contributed by atoms with Crippen LogP contribution in [0.4, 0.5) is 0 Å². The van der Waals surface area contributed by atoms with Gasteiger partial charge in [-0.25, -0.2) is 14.8 Å². The monoisotopic (exact) mass is 309 g/mol. The summed E-state index contributed by atoms with van der Waals surface area (Å²) in [6.45, 7) is 1.91. The van der Waals surface area contributed by atoms with Crippen LogP contribution in [-0.4, -0.2) is 9.97 Å². The van der Waals surface area contributed by atoms with Crippen LogP contribution in [0.2, 0.25) is 0 Å². The first-order chi connectivity index (χ1) is 10.7. The van der Waals surface area contributed by atoms with Crippen molar-refractivity contribution in [1.29, 1.82) is 0 Å². The molecule has 0 fully saturated rings. The zero-order valence-electron chi connectivity index (χ0n) is 11.7. The Morgan fingerprint density at radius 3 is 2.95 bits per heavy atom. The predicted molar refractivity (Wildman–Crippen MR) is 84.1 cm³/mol. The smallest absolute Gasteiger partial charge is 0.361 e. The number of nitrogens with zero attached hydrogens (tertiary/aromatic N) is 2. The Hall–Kier alpha value is -2.73. The maximum absolute atomic E-state index is 12.0. The fourth-order valence-corrected chi connectivity index (χ4v) is 2.98. The molecule has 0 spiro atoms. The minimum Gasteiger partial charge on any atom is -0.402 e. The molecule has 4 rings (SSSR count). The highest BCUT2D eigenvalue weighted by Gasteiger charge is 2.06. The maximum atomic E-state index is 12.0. The highest BCUT2D eigenvalue weighted by Crippen LogP contribution is 2.08. The van der Waals surface area contributed by atoms with E-state index >= 15 is 0 Å². The molecule has 2 aromatic heterocycles. The number of para-hydroxylation sites is 1. The molecule has 0 unspecified atom stereocenters. The van der Waals surface area contributed by atoms with Crippen molar-refractivity contribution in [2.45, 2.75) is 6.92 Å². The molecule has 0 amide bonds. The van der Waals surface area contributed by atoms with E-state index in [1.807, 2.05) is 42.6 Å². The number of nitrogens with one attached hydrogen (secondary N) is 1. The molecule has 1 aliphatic rings. The van der Waals surface area contributed by atoms with Gasteiger partial charge in [-0.15, -0.1) is 11.3 Å². The second kappa shape index (κ2) is 4.92. The molecule has 1 aromatic carbocycles. The lowest BCUT2D eigenvalue weighted by molar-refractivity contribution is 0.484. The van der Waals surface area contributed by atoms with Gasteiger partial charge in [0.15, 0.2) is 0 Å². The van der Waals surface area contributed by atoms with E-state index in [2.05, 4.69) is 15.0 Å². The van der Waals surface area contributed by atoms with E-state index in [1.165, 1.54) is 11.3 Å². The SMILES string of the molecule is Cc1csc(C=c2[nH]/c(=C3\C=c4ccccc4=N3)oc2=O)n1. The van der Waals surface area contributed by atoms with Crippen molar-refractivity contribution in [3.05, 3.63) is 72.2 Å². The summed E-state index contributed by atoms with van der Waals surface area (Å²) in [6.07, 6.45) is 3.58. The molecule has 22 heavy (non-hydrogen) atoms. The Bertz CT molecular complexity index is 1130. The van der Waals surface area contributed by atoms with Crippen LogP contribution in [0.5, 0.6) is 0 Å². The molecule has 0 atom stereocenters. The number of aryl methyl sites for hydroxylation is 1. The molecule has 6 heteroatoms. The Kier molecular flexibility index (Phi) is 2.90. The first-order valence-corrected chi connectivity index (χ1v) is 7.60. The molecule has 3 heterocycles. The number of thiazole rings is 1. The van der Waals surface area contributed by atoms with Gasteiger partial charge < -0.3 is 9.40 Å². The number of benzene rings is 1. The van der Waals surface area contributed by atoms with Gasteiger partial charge >= 0.3 is 5.63 Å². The van der Waals surface area contributed by atoms with E-state index in [9.17, 15) is 4.79 Å². The van der Waals surface area contributed by atoms with Gasteiger partial charge in [0.2, 0.25) is 5.55 Å². The highest BCUT2D eigenvalue weighted by molar-refractivity contribution is 7.10. The van der Waals surface area contributed by atoms with Gasteiger partial charge in [0, 0.05) is 22.4 Å². The third kappa shape index (κ3) is 2.23. The van der Waals surface area contributed by atoms with Crippen LogP contribution in [0, 0.1) is 6.92 Å². The average molecular weight is 309 g/mol. The van der Waals surface area contributed by atoms with Crippen molar-refractivity contribution in [1.82, 2.24) is 9.97 Å². The number of hydrogen-bond donors (Lipinski definition) is 1. The maximum Gasteiger partial charge on any atom is 0.361 e. The average Bonchev–Trinajstić information content (AvgIpc) is 3.19. The van der Waals surface area contributed by atoms with Crippen molar-refractivity contribution in [3.8, 4) is 0 Å². The highest BCUT2D eigenvalue weighted by atomic mass is 32.1. The Morgan fingerprint density at radius 2 is 2.18 bits per heavy atom. The molecule has 0 saturated heterocycles. The third-order valence-corrected chi connectivity index (χ3v) is 4.18. The summed E-state index contributed by atoms with van der Waals surface area (Å²) in [4.78, 5) is 23.7. The molecule has 3 aromatic rings. The Morgan fingerprint density at radius 1 is 1.32 bits per heavy atom. The fourth-order valence-electron chi connectivity index (χ4n) is 2.26.